The molecule has 0 fully saturated rings. The molecular formula is C24H30O4. The van der Waals surface area contributed by atoms with Crippen molar-refractivity contribution in [2.24, 2.45) is 5.41 Å². The highest BCUT2D eigenvalue weighted by Crippen LogP contribution is 2.43. The van der Waals surface area contributed by atoms with Crippen molar-refractivity contribution in [2.45, 2.75) is 59.2 Å². The first-order valence-electron chi connectivity index (χ1n) is 9.79. The van der Waals surface area contributed by atoms with Gasteiger partial charge in [0, 0.05) is 5.41 Å². The minimum atomic E-state index is -0.959. The predicted octanol–water partition coefficient (Wildman–Crippen LogP) is 5.67. The maximum absolute atomic E-state index is 12.9. The first-order valence-corrected chi connectivity index (χ1v) is 9.79. The molecule has 0 radical (unpaired) electrons. The van der Waals surface area contributed by atoms with Crippen LogP contribution in [0.2, 0.25) is 0 Å². The Morgan fingerprint density at radius 3 is 1.68 bits per heavy atom. The van der Waals surface area contributed by atoms with Gasteiger partial charge in [0.15, 0.2) is 5.60 Å². The van der Waals surface area contributed by atoms with Crippen LogP contribution in [0.1, 0.15) is 68.2 Å². The van der Waals surface area contributed by atoms with Crippen LogP contribution in [0.4, 0.5) is 0 Å². The lowest BCUT2D eigenvalue weighted by Crippen LogP contribution is -2.56. The third kappa shape index (κ3) is 4.61. The van der Waals surface area contributed by atoms with Crippen LogP contribution in [0.25, 0.3) is 0 Å². The summed E-state index contributed by atoms with van der Waals surface area (Å²) in [6.07, 6.45) is 0.486. The third-order valence-corrected chi connectivity index (χ3v) is 5.23. The van der Waals surface area contributed by atoms with Gasteiger partial charge in [-0.3, -0.25) is 0 Å². The molecule has 2 aromatic rings. The molecule has 0 aliphatic heterocycles. The molecule has 2 rings (SSSR count). The van der Waals surface area contributed by atoms with E-state index in [1.165, 1.54) is 0 Å². The Kier molecular flexibility index (Phi) is 7.00. The molecule has 0 saturated heterocycles. The van der Waals surface area contributed by atoms with Crippen molar-refractivity contribution in [1.29, 1.82) is 0 Å². The van der Waals surface area contributed by atoms with Gasteiger partial charge in [0.2, 0.25) is 0 Å². The fourth-order valence-electron chi connectivity index (χ4n) is 3.61. The van der Waals surface area contributed by atoms with Crippen molar-refractivity contribution in [3.05, 3.63) is 71.8 Å². The van der Waals surface area contributed by atoms with Crippen molar-refractivity contribution in [2.75, 3.05) is 0 Å². The normalized spacial score (nSPS) is 14.6. The summed E-state index contributed by atoms with van der Waals surface area (Å²) in [5.41, 5.74) is -0.439. The van der Waals surface area contributed by atoms with Gasteiger partial charge in [-0.1, -0.05) is 71.0 Å². The van der Waals surface area contributed by atoms with E-state index in [9.17, 15) is 9.59 Å². The molecule has 0 heterocycles. The number of ether oxygens (including phenoxy) is 2. The molecular weight excluding hydrogens is 352 g/mol. The van der Waals surface area contributed by atoms with Crippen LogP contribution in [0, 0.1) is 5.41 Å². The Bertz CT molecular complexity index is 777. The number of carbonyl (C=O) groups is 2. The second-order valence-corrected chi connectivity index (χ2v) is 7.92. The van der Waals surface area contributed by atoms with Crippen molar-refractivity contribution in [3.63, 3.8) is 0 Å². The quantitative estimate of drug-likeness (QED) is 0.579. The average molecular weight is 383 g/mol. The second kappa shape index (κ2) is 9.05. The number of esters is 2. The molecule has 2 unspecified atom stereocenters. The van der Waals surface area contributed by atoms with Crippen molar-refractivity contribution < 1.29 is 19.1 Å². The molecule has 2 atom stereocenters. The smallest absolute Gasteiger partial charge is 0.338 e. The summed E-state index contributed by atoms with van der Waals surface area (Å²) in [6.45, 7) is 9.92. The second-order valence-electron chi connectivity index (χ2n) is 7.92. The van der Waals surface area contributed by atoms with E-state index in [0.717, 1.165) is 0 Å². The Morgan fingerprint density at radius 2 is 1.29 bits per heavy atom. The molecule has 0 spiro atoms. The van der Waals surface area contributed by atoms with Gasteiger partial charge in [-0.25, -0.2) is 9.59 Å². The van der Waals surface area contributed by atoms with E-state index < -0.39 is 29.1 Å². The number of carbonyl (C=O) groups excluding carboxylic acids is 2. The fourth-order valence-corrected chi connectivity index (χ4v) is 3.61. The third-order valence-electron chi connectivity index (χ3n) is 5.23. The molecule has 0 amide bonds. The van der Waals surface area contributed by atoms with Crippen LogP contribution in [-0.4, -0.2) is 23.6 Å². The first kappa shape index (κ1) is 21.7. The average Bonchev–Trinajstić information content (AvgIpc) is 2.70. The number of hydrogen-bond acceptors (Lipinski definition) is 4. The molecule has 0 N–H and O–H groups in total. The van der Waals surface area contributed by atoms with Gasteiger partial charge in [-0.2, -0.15) is 0 Å². The van der Waals surface area contributed by atoms with Gasteiger partial charge >= 0.3 is 11.9 Å². The van der Waals surface area contributed by atoms with E-state index >= 15 is 0 Å². The van der Waals surface area contributed by atoms with E-state index in [-0.39, 0.29) is 0 Å². The monoisotopic (exact) mass is 382 g/mol. The van der Waals surface area contributed by atoms with Gasteiger partial charge in [0.25, 0.3) is 0 Å². The number of hydrogen-bond donors (Lipinski definition) is 0. The highest BCUT2D eigenvalue weighted by molar-refractivity contribution is 5.90. The molecule has 2 aromatic carbocycles. The standard InChI is InChI=1S/C24H30O4/c1-6-20(27-21(25)18-14-10-8-11-15-18)24(7-2,23(3,4)5)28-22(26)19-16-12-9-13-17-19/h8-17,20H,6-7H2,1-5H3. The zero-order chi connectivity index (χ0) is 20.8. The number of benzene rings is 2. The predicted molar refractivity (Wildman–Crippen MR) is 110 cm³/mol. The Hall–Kier alpha value is -2.62. The number of rotatable bonds is 7. The molecule has 0 bridgehead atoms. The maximum atomic E-state index is 12.9. The van der Waals surface area contributed by atoms with Crippen LogP contribution >= 0.6 is 0 Å². The van der Waals surface area contributed by atoms with Gasteiger partial charge < -0.3 is 9.47 Å². The molecule has 150 valence electrons. The lowest BCUT2D eigenvalue weighted by molar-refractivity contribution is -0.153. The van der Waals surface area contributed by atoms with E-state index in [1.54, 1.807) is 48.5 Å². The van der Waals surface area contributed by atoms with Crippen LogP contribution in [0.5, 0.6) is 0 Å². The summed E-state index contributed by atoms with van der Waals surface area (Å²) in [4.78, 5) is 25.6. The van der Waals surface area contributed by atoms with E-state index in [1.807, 2.05) is 46.8 Å². The van der Waals surface area contributed by atoms with Crippen LogP contribution < -0.4 is 0 Å². The SMILES string of the molecule is CCC(OC(=O)c1ccccc1)C(CC)(OC(=O)c1ccccc1)C(C)(C)C. The van der Waals surface area contributed by atoms with Gasteiger partial charge in [0.1, 0.15) is 6.10 Å². The molecule has 0 aliphatic rings. The van der Waals surface area contributed by atoms with Crippen LogP contribution in [-0.2, 0) is 9.47 Å². The Balaban J connectivity index is 2.36. The molecule has 0 aromatic heterocycles. The van der Waals surface area contributed by atoms with E-state index in [4.69, 9.17) is 9.47 Å². The topological polar surface area (TPSA) is 52.6 Å². The lowest BCUT2D eigenvalue weighted by Gasteiger charge is -2.47. The van der Waals surface area contributed by atoms with E-state index in [2.05, 4.69) is 0 Å². The summed E-state index contributed by atoms with van der Waals surface area (Å²) in [5.74, 6) is -0.822. The minimum Gasteiger partial charge on any atom is -0.455 e. The fraction of sp³-hybridized carbons (Fsp3) is 0.417. The maximum Gasteiger partial charge on any atom is 0.338 e. The molecule has 4 nitrogen and oxygen atoms in total. The van der Waals surface area contributed by atoms with Gasteiger partial charge in [0.05, 0.1) is 11.1 Å². The van der Waals surface area contributed by atoms with Crippen molar-refractivity contribution in [3.8, 4) is 0 Å². The molecule has 0 aliphatic carbocycles. The highest BCUT2D eigenvalue weighted by Gasteiger charge is 2.52. The van der Waals surface area contributed by atoms with Gasteiger partial charge in [-0.05, 0) is 37.1 Å². The summed E-state index contributed by atoms with van der Waals surface area (Å²) >= 11 is 0. The highest BCUT2D eigenvalue weighted by atomic mass is 16.6. The molecule has 0 saturated carbocycles. The van der Waals surface area contributed by atoms with E-state index in [0.29, 0.717) is 24.0 Å². The summed E-state index contributed by atoms with van der Waals surface area (Å²) in [6, 6.07) is 17.8. The largest absolute Gasteiger partial charge is 0.455 e. The zero-order valence-corrected chi connectivity index (χ0v) is 17.4. The van der Waals surface area contributed by atoms with Crippen LogP contribution in [0.15, 0.2) is 60.7 Å². The summed E-state index contributed by atoms with van der Waals surface area (Å²) < 4.78 is 12.0. The summed E-state index contributed by atoms with van der Waals surface area (Å²) in [5, 5.41) is 0. The van der Waals surface area contributed by atoms with Gasteiger partial charge in [-0.15, -0.1) is 0 Å². The first-order chi connectivity index (χ1) is 13.2. The zero-order valence-electron chi connectivity index (χ0n) is 17.4. The van der Waals surface area contributed by atoms with Crippen molar-refractivity contribution >= 4 is 11.9 Å². The molecule has 28 heavy (non-hydrogen) atoms. The van der Waals surface area contributed by atoms with Crippen LogP contribution in [0.3, 0.4) is 0 Å². The Morgan fingerprint density at radius 1 is 0.821 bits per heavy atom. The molecule has 4 heteroatoms. The minimum absolute atomic E-state index is 0.411. The lowest BCUT2D eigenvalue weighted by atomic mass is 9.70. The Labute approximate surface area is 167 Å². The summed E-state index contributed by atoms with van der Waals surface area (Å²) in [7, 11) is 0. The van der Waals surface area contributed by atoms with Crippen molar-refractivity contribution in [1.82, 2.24) is 0 Å².